The summed E-state index contributed by atoms with van der Waals surface area (Å²) in [7, 11) is 1.42. The molecule has 1 N–H and O–H groups in total. The van der Waals surface area contributed by atoms with Gasteiger partial charge in [-0.25, -0.2) is 4.79 Å². The maximum absolute atomic E-state index is 11.5. The van der Waals surface area contributed by atoms with Crippen molar-refractivity contribution < 1.29 is 24.2 Å². The molecule has 0 unspecified atom stereocenters. The summed E-state index contributed by atoms with van der Waals surface area (Å²) in [6.07, 6.45) is 0.564. The van der Waals surface area contributed by atoms with E-state index < -0.39 is 5.97 Å². The van der Waals surface area contributed by atoms with Gasteiger partial charge < -0.3 is 14.6 Å². The molecule has 0 bridgehead atoms. The summed E-state index contributed by atoms with van der Waals surface area (Å²) in [4.78, 5) is 22.8. The van der Waals surface area contributed by atoms with Gasteiger partial charge >= 0.3 is 5.97 Å². The van der Waals surface area contributed by atoms with Crippen molar-refractivity contribution in [3.63, 3.8) is 0 Å². The Bertz CT molecular complexity index is 692. The first kappa shape index (κ1) is 15.6. The molecule has 0 aliphatic rings. The Kier molecular flexibility index (Phi) is 4.78. The van der Waals surface area contributed by atoms with Gasteiger partial charge in [0.15, 0.2) is 6.29 Å². The van der Waals surface area contributed by atoms with E-state index in [9.17, 15) is 14.7 Å². The predicted octanol–water partition coefficient (Wildman–Crippen LogP) is 3.09. The summed E-state index contributed by atoms with van der Waals surface area (Å²) in [6.45, 7) is 1.79. The van der Waals surface area contributed by atoms with Crippen molar-refractivity contribution >= 4 is 12.3 Å². The van der Waals surface area contributed by atoms with Gasteiger partial charge in [0.25, 0.3) is 0 Å². The smallest absolute Gasteiger partial charge is 0.339 e. The van der Waals surface area contributed by atoms with Gasteiger partial charge in [-0.1, -0.05) is 30.3 Å². The van der Waals surface area contributed by atoms with Crippen LogP contribution in [-0.4, -0.2) is 24.5 Å². The van der Waals surface area contributed by atoms with Gasteiger partial charge in [-0.3, -0.25) is 4.79 Å². The standard InChI is InChI=1S/C17H16O5/c1-11-14(21-2)8-13(9-18)16(15(11)17(19)20)22-10-12-6-4-3-5-7-12/h3-9H,10H2,1-2H3,(H,19,20). The molecule has 5 heteroatoms. The summed E-state index contributed by atoms with van der Waals surface area (Å²) in [6, 6.07) is 10.8. The molecule has 0 heterocycles. The van der Waals surface area contributed by atoms with Crippen LogP contribution < -0.4 is 9.47 Å². The lowest BCUT2D eigenvalue weighted by Gasteiger charge is -2.16. The third-order valence-corrected chi connectivity index (χ3v) is 3.31. The van der Waals surface area contributed by atoms with Crippen LogP contribution in [-0.2, 0) is 6.61 Å². The first-order valence-electron chi connectivity index (χ1n) is 6.65. The van der Waals surface area contributed by atoms with E-state index in [0.717, 1.165) is 5.56 Å². The van der Waals surface area contributed by atoms with Crippen LogP contribution in [0.15, 0.2) is 36.4 Å². The van der Waals surface area contributed by atoms with Gasteiger partial charge in [-0.15, -0.1) is 0 Å². The molecule has 2 rings (SSSR count). The average molecular weight is 300 g/mol. The molecule has 0 spiro atoms. The third-order valence-electron chi connectivity index (χ3n) is 3.31. The highest BCUT2D eigenvalue weighted by molar-refractivity contribution is 5.97. The summed E-state index contributed by atoms with van der Waals surface area (Å²) in [5.74, 6) is -0.765. The Morgan fingerprint density at radius 3 is 2.50 bits per heavy atom. The lowest BCUT2D eigenvalue weighted by atomic mass is 10.0. The Morgan fingerprint density at radius 1 is 1.27 bits per heavy atom. The van der Waals surface area contributed by atoms with E-state index in [1.807, 2.05) is 30.3 Å². The average Bonchev–Trinajstić information content (AvgIpc) is 2.53. The minimum atomic E-state index is -1.16. The van der Waals surface area contributed by atoms with Gasteiger partial charge in [0, 0.05) is 5.56 Å². The quantitative estimate of drug-likeness (QED) is 0.830. The Morgan fingerprint density at radius 2 is 1.95 bits per heavy atom. The molecule has 0 aromatic heterocycles. The topological polar surface area (TPSA) is 72.8 Å². The molecule has 114 valence electrons. The van der Waals surface area contributed by atoms with Gasteiger partial charge in [0.1, 0.15) is 23.7 Å². The first-order valence-corrected chi connectivity index (χ1v) is 6.65. The fraction of sp³-hybridized carbons (Fsp3) is 0.176. The van der Waals surface area contributed by atoms with Gasteiger partial charge in [-0.2, -0.15) is 0 Å². The summed E-state index contributed by atoms with van der Waals surface area (Å²) in [5.41, 5.74) is 1.39. The van der Waals surface area contributed by atoms with Crippen molar-refractivity contribution in [2.45, 2.75) is 13.5 Å². The van der Waals surface area contributed by atoms with Gasteiger partial charge in [-0.05, 0) is 18.6 Å². The third kappa shape index (κ3) is 3.09. The number of carboxylic acids is 1. The number of carbonyl (C=O) groups excluding carboxylic acids is 1. The van der Waals surface area contributed by atoms with E-state index in [0.29, 0.717) is 17.6 Å². The number of hydrogen-bond donors (Lipinski definition) is 1. The molecular weight excluding hydrogens is 284 g/mol. The summed E-state index contributed by atoms with van der Waals surface area (Å²) in [5, 5.41) is 9.43. The van der Waals surface area contributed by atoms with Crippen LogP contribution in [0.1, 0.15) is 31.8 Å². The number of aromatic carboxylic acids is 1. The lowest BCUT2D eigenvalue weighted by molar-refractivity contribution is 0.0690. The molecule has 0 saturated heterocycles. The van der Waals surface area contributed by atoms with Crippen LogP contribution in [0.25, 0.3) is 0 Å². The number of benzene rings is 2. The van der Waals surface area contributed by atoms with Crippen LogP contribution in [0.3, 0.4) is 0 Å². The normalized spacial score (nSPS) is 10.1. The number of rotatable bonds is 6. The zero-order valence-electron chi connectivity index (χ0n) is 12.3. The molecular formula is C17H16O5. The molecule has 0 saturated carbocycles. The molecule has 0 atom stereocenters. The molecule has 0 aliphatic heterocycles. The maximum atomic E-state index is 11.5. The zero-order valence-corrected chi connectivity index (χ0v) is 12.3. The molecule has 0 amide bonds. The zero-order chi connectivity index (χ0) is 16.1. The van der Waals surface area contributed by atoms with Gasteiger partial charge in [0.05, 0.1) is 12.7 Å². The second-order valence-electron chi connectivity index (χ2n) is 4.69. The number of methoxy groups -OCH3 is 1. The molecule has 0 aliphatic carbocycles. The van der Waals surface area contributed by atoms with Crippen molar-refractivity contribution in [1.82, 2.24) is 0 Å². The van der Waals surface area contributed by atoms with E-state index >= 15 is 0 Å². The Labute approximate surface area is 128 Å². The number of aldehydes is 1. The number of hydrogen-bond acceptors (Lipinski definition) is 4. The molecule has 2 aromatic carbocycles. The SMILES string of the molecule is COc1cc(C=O)c(OCc2ccccc2)c(C(=O)O)c1C. The fourth-order valence-electron chi connectivity index (χ4n) is 2.20. The van der Waals surface area contributed by atoms with Crippen molar-refractivity contribution in [1.29, 1.82) is 0 Å². The van der Waals surface area contributed by atoms with Crippen LogP contribution in [0, 0.1) is 6.92 Å². The van der Waals surface area contributed by atoms with E-state index in [4.69, 9.17) is 9.47 Å². The maximum Gasteiger partial charge on any atom is 0.339 e. The first-order chi connectivity index (χ1) is 10.6. The molecule has 2 aromatic rings. The Hall–Kier alpha value is -2.82. The highest BCUT2D eigenvalue weighted by Gasteiger charge is 2.22. The molecule has 0 radical (unpaired) electrons. The number of carboxylic acid groups (broad SMARTS) is 1. The Balaban J connectivity index is 2.46. The predicted molar refractivity (Wildman–Crippen MR) is 80.9 cm³/mol. The summed E-state index contributed by atoms with van der Waals surface area (Å²) >= 11 is 0. The second kappa shape index (κ2) is 6.76. The van der Waals surface area contributed by atoms with Crippen LogP contribution in [0.2, 0.25) is 0 Å². The van der Waals surface area contributed by atoms with Gasteiger partial charge in [0.2, 0.25) is 0 Å². The van der Waals surface area contributed by atoms with Crippen LogP contribution >= 0.6 is 0 Å². The van der Waals surface area contributed by atoms with Crippen molar-refractivity contribution in [2.24, 2.45) is 0 Å². The minimum Gasteiger partial charge on any atom is -0.496 e. The van der Waals surface area contributed by atoms with E-state index in [-0.39, 0.29) is 23.5 Å². The van der Waals surface area contributed by atoms with E-state index in [1.165, 1.54) is 13.2 Å². The highest BCUT2D eigenvalue weighted by atomic mass is 16.5. The van der Waals surface area contributed by atoms with E-state index in [2.05, 4.69) is 0 Å². The molecule has 22 heavy (non-hydrogen) atoms. The number of carbonyl (C=O) groups is 2. The number of ether oxygens (including phenoxy) is 2. The molecule has 0 fully saturated rings. The van der Waals surface area contributed by atoms with Crippen molar-refractivity contribution in [3.8, 4) is 11.5 Å². The van der Waals surface area contributed by atoms with Crippen molar-refractivity contribution in [3.05, 3.63) is 58.7 Å². The monoisotopic (exact) mass is 300 g/mol. The highest BCUT2D eigenvalue weighted by Crippen LogP contribution is 2.33. The minimum absolute atomic E-state index is 0.0580. The second-order valence-corrected chi connectivity index (χ2v) is 4.69. The molecule has 5 nitrogen and oxygen atoms in total. The van der Waals surface area contributed by atoms with E-state index in [1.54, 1.807) is 6.92 Å². The summed E-state index contributed by atoms with van der Waals surface area (Å²) < 4.78 is 10.7. The van der Waals surface area contributed by atoms with Crippen LogP contribution in [0.5, 0.6) is 11.5 Å². The van der Waals surface area contributed by atoms with Crippen LogP contribution in [0.4, 0.5) is 0 Å². The largest absolute Gasteiger partial charge is 0.496 e. The fourth-order valence-corrected chi connectivity index (χ4v) is 2.20. The lowest BCUT2D eigenvalue weighted by Crippen LogP contribution is -2.09. The van der Waals surface area contributed by atoms with Crippen molar-refractivity contribution in [2.75, 3.05) is 7.11 Å².